The first-order valence-corrected chi connectivity index (χ1v) is 10.8. The Morgan fingerprint density at radius 3 is 2.71 bits per heavy atom. The predicted octanol–water partition coefficient (Wildman–Crippen LogP) is 1.34. The number of anilines is 1. The van der Waals surface area contributed by atoms with Crippen LogP contribution in [0.1, 0.15) is 37.4 Å². The van der Waals surface area contributed by atoms with E-state index in [0.717, 1.165) is 6.42 Å². The fourth-order valence-electron chi connectivity index (χ4n) is 3.93. The van der Waals surface area contributed by atoms with E-state index >= 15 is 0 Å². The topological polar surface area (TPSA) is 141 Å². The van der Waals surface area contributed by atoms with Gasteiger partial charge in [0, 0.05) is 30.3 Å². The first kappa shape index (κ1) is 23.3. The average Bonchev–Trinajstić information content (AvgIpc) is 3.12. The lowest BCUT2D eigenvalue weighted by Crippen LogP contribution is -2.50. The van der Waals surface area contributed by atoms with Crippen LogP contribution in [0.3, 0.4) is 0 Å². The smallest absolute Gasteiger partial charge is 0.267 e. The molecule has 0 bridgehead atoms. The highest BCUT2D eigenvalue weighted by atomic mass is 35.5. The van der Waals surface area contributed by atoms with Gasteiger partial charge in [-0.1, -0.05) is 0 Å². The van der Waals surface area contributed by atoms with Crippen LogP contribution >= 0.6 is 23.2 Å². The number of likely N-dealkylation sites (tertiary alicyclic amines) is 1. The molecular formula is C20H26Cl2N6O3. The summed E-state index contributed by atoms with van der Waals surface area (Å²) < 4.78 is -0.792. The molecule has 1 aliphatic carbocycles. The van der Waals surface area contributed by atoms with E-state index < -0.39 is 16.3 Å². The second-order valence-corrected chi connectivity index (χ2v) is 9.57. The normalized spacial score (nSPS) is 22.5. The van der Waals surface area contributed by atoms with Crippen LogP contribution in [-0.4, -0.2) is 62.8 Å². The maximum atomic E-state index is 12.9. The molecule has 1 aromatic heterocycles. The molecule has 1 aliphatic heterocycles. The van der Waals surface area contributed by atoms with Crippen LogP contribution in [-0.2, 0) is 14.4 Å². The van der Waals surface area contributed by atoms with Gasteiger partial charge in [0.1, 0.15) is 16.1 Å². The van der Waals surface area contributed by atoms with Crippen molar-refractivity contribution in [2.24, 2.45) is 11.7 Å². The average molecular weight is 469 g/mol. The van der Waals surface area contributed by atoms with Crippen LogP contribution in [0.25, 0.3) is 0 Å². The summed E-state index contributed by atoms with van der Waals surface area (Å²) in [5.74, 6) is -1.36. The van der Waals surface area contributed by atoms with Gasteiger partial charge < -0.3 is 21.3 Å². The Bertz CT molecular complexity index is 922. The summed E-state index contributed by atoms with van der Waals surface area (Å²) in [7, 11) is 0. The molecule has 5 N–H and O–H groups in total. The number of rotatable bonds is 8. The minimum atomic E-state index is -0.876. The van der Waals surface area contributed by atoms with Gasteiger partial charge in [-0.2, -0.15) is 0 Å². The number of halogens is 2. The fraction of sp³-hybridized carbons (Fsp3) is 0.550. The third-order valence-electron chi connectivity index (χ3n) is 5.80. The van der Waals surface area contributed by atoms with E-state index in [-0.39, 0.29) is 41.6 Å². The molecular weight excluding hydrogens is 443 g/mol. The van der Waals surface area contributed by atoms with Crippen molar-refractivity contribution in [3.63, 3.8) is 0 Å². The van der Waals surface area contributed by atoms with E-state index in [1.165, 1.54) is 12.3 Å². The zero-order valence-electron chi connectivity index (χ0n) is 17.4. The van der Waals surface area contributed by atoms with E-state index in [1.54, 1.807) is 11.8 Å². The predicted molar refractivity (Wildman–Crippen MR) is 118 cm³/mol. The zero-order chi connectivity index (χ0) is 22.9. The molecule has 3 rings (SSSR count). The lowest BCUT2D eigenvalue weighted by Gasteiger charge is -2.26. The number of hydrogen-bond acceptors (Lipinski definition) is 6. The van der Waals surface area contributed by atoms with Crippen molar-refractivity contribution in [2.45, 2.75) is 49.5 Å². The molecule has 0 aromatic carbocycles. The van der Waals surface area contributed by atoms with Gasteiger partial charge in [-0.15, -0.1) is 23.2 Å². The number of nitrogens with zero attached hydrogens (tertiary/aromatic N) is 2. The molecule has 1 saturated heterocycles. The molecule has 2 aliphatic rings. The Kier molecular flexibility index (Phi) is 6.76. The molecule has 168 valence electrons. The second kappa shape index (κ2) is 9.00. The van der Waals surface area contributed by atoms with Crippen LogP contribution in [0, 0.1) is 18.3 Å². The minimum Gasteiger partial charge on any atom is -0.374 e. The van der Waals surface area contributed by atoms with Crippen molar-refractivity contribution < 1.29 is 14.4 Å². The van der Waals surface area contributed by atoms with Crippen molar-refractivity contribution in [3.05, 3.63) is 23.5 Å². The van der Waals surface area contributed by atoms with E-state index in [4.69, 9.17) is 34.3 Å². The van der Waals surface area contributed by atoms with E-state index in [1.807, 2.05) is 6.92 Å². The summed E-state index contributed by atoms with van der Waals surface area (Å²) in [6.07, 6.45) is 3.39. The molecule has 0 radical (unpaired) electrons. The highest BCUT2D eigenvalue weighted by Gasteiger charge is 2.55. The summed E-state index contributed by atoms with van der Waals surface area (Å²) in [5.41, 5.74) is 6.04. The standard InChI is InChI=1S/C20H26Cl2N6O3/c1-10(13-8-20(13,21)22)27-19(31)14-4-3-7-28(14)15(29)9-26-17-11(2)25-6-5-12(17)16(23)18(24)30/h5-6,10,13-14,23,26H,3-4,7-9H2,1-2H3,(H2,24,30)(H,27,31)/t10-,13-,14+/m1/s1. The first-order chi connectivity index (χ1) is 14.5. The maximum Gasteiger partial charge on any atom is 0.267 e. The Morgan fingerprint density at radius 1 is 1.42 bits per heavy atom. The quantitative estimate of drug-likeness (QED) is 0.336. The Balaban J connectivity index is 1.63. The number of nitrogens with one attached hydrogen (secondary N) is 3. The van der Waals surface area contributed by atoms with E-state index in [0.29, 0.717) is 30.8 Å². The minimum absolute atomic E-state index is 0.000412. The van der Waals surface area contributed by atoms with Gasteiger partial charge in [0.25, 0.3) is 5.91 Å². The van der Waals surface area contributed by atoms with Crippen LogP contribution < -0.4 is 16.4 Å². The molecule has 11 heteroatoms. The van der Waals surface area contributed by atoms with Gasteiger partial charge in [0.2, 0.25) is 11.8 Å². The van der Waals surface area contributed by atoms with Gasteiger partial charge in [-0.25, -0.2) is 0 Å². The summed E-state index contributed by atoms with van der Waals surface area (Å²) >= 11 is 12.2. The van der Waals surface area contributed by atoms with Crippen molar-refractivity contribution in [1.82, 2.24) is 15.2 Å². The number of alkyl halides is 2. The maximum absolute atomic E-state index is 12.9. The number of pyridine rings is 1. The Labute approximate surface area is 190 Å². The van der Waals surface area contributed by atoms with Gasteiger partial charge in [0.05, 0.1) is 17.9 Å². The largest absolute Gasteiger partial charge is 0.374 e. The zero-order valence-corrected chi connectivity index (χ0v) is 18.9. The molecule has 1 aromatic rings. The molecule has 1 saturated carbocycles. The number of primary amides is 1. The highest BCUT2D eigenvalue weighted by Crippen LogP contribution is 2.54. The lowest BCUT2D eigenvalue weighted by atomic mass is 10.1. The number of nitrogens with two attached hydrogens (primary N) is 1. The third-order valence-corrected chi connectivity index (χ3v) is 6.67. The van der Waals surface area contributed by atoms with E-state index in [2.05, 4.69) is 15.6 Å². The number of carbonyl (C=O) groups excluding carboxylic acids is 3. The lowest BCUT2D eigenvalue weighted by molar-refractivity contribution is -0.137. The SMILES string of the molecule is Cc1nccc(C(=N)C(N)=O)c1NCC(=O)N1CCC[C@H]1C(=O)N[C@H](C)[C@H]1CC1(Cl)Cl. The molecule has 2 heterocycles. The summed E-state index contributed by atoms with van der Waals surface area (Å²) in [4.78, 5) is 42.7. The van der Waals surface area contributed by atoms with Crippen molar-refractivity contribution in [1.29, 1.82) is 5.41 Å². The Hall–Kier alpha value is -2.39. The molecule has 3 amide bonds. The molecule has 0 spiro atoms. The van der Waals surface area contributed by atoms with E-state index in [9.17, 15) is 14.4 Å². The summed E-state index contributed by atoms with van der Waals surface area (Å²) in [6, 6.07) is 0.749. The van der Waals surface area contributed by atoms with Crippen LogP contribution in [0.5, 0.6) is 0 Å². The van der Waals surface area contributed by atoms with Crippen LogP contribution in [0.2, 0.25) is 0 Å². The number of amides is 3. The number of aromatic nitrogens is 1. The number of aryl methyl sites for hydroxylation is 1. The number of carbonyl (C=O) groups is 3. The monoisotopic (exact) mass is 468 g/mol. The van der Waals surface area contributed by atoms with Gasteiger partial charge in [0.15, 0.2) is 0 Å². The van der Waals surface area contributed by atoms with Gasteiger partial charge >= 0.3 is 0 Å². The third kappa shape index (κ3) is 5.10. The second-order valence-electron chi connectivity index (χ2n) is 8.03. The molecule has 2 fully saturated rings. The van der Waals surface area contributed by atoms with Gasteiger partial charge in [-0.3, -0.25) is 24.8 Å². The van der Waals surface area contributed by atoms with Crippen molar-refractivity contribution >= 4 is 52.3 Å². The van der Waals surface area contributed by atoms with Crippen molar-refractivity contribution in [3.8, 4) is 0 Å². The fourth-order valence-corrected chi connectivity index (χ4v) is 4.64. The number of hydrogen-bond donors (Lipinski definition) is 4. The summed E-state index contributed by atoms with van der Waals surface area (Å²) in [5, 5.41) is 13.8. The molecule has 0 unspecified atom stereocenters. The molecule has 31 heavy (non-hydrogen) atoms. The Morgan fingerprint density at radius 2 is 2.10 bits per heavy atom. The molecule has 3 atom stereocenters. The van der Waals surface area contributed by atoms with Gasteiger partial charge in [-0.05, 0) is 39.2 Å². The van der Waals surface area contributed by atoms with Crippen LogP contribution in [0.4, 0.5) is 5.69 Å². The highest BCUT2D eigenvalue weighted by molar-refractivity contribution is 6.51. The van der Waals surface area contributed by atoms with Crippen LogP contribution in [0.15, 0.2) is 12.3 Å². The summed E-state index contributed by atoms with van der Waals surface area (Å²) in [6.45, 7) is 3.92. The first-order valence-electron chi connectivity index (χ1n) is 10.1. The van der Waals surface area contributed by atoms with Crippen molar-refractivity contribution in [2.75, 3.05) is 18.4 Å². The molecule has 9 nitrogen and oxygen atoms in total.